The van der Waals surface area contributed by atoms with Crippen LogP contribution in [0.4, 0.5) is 0 Å². The van der Waals surface area contributed by atoms with E-state index in [9.17, 15) is 9.00 Å². The Morgan fingerprint density at radius 2 is 1.86 bits per heavy atom. The van der Waals surface area contributed by atoms with Gasteiger partial charge in [-0.2, -0.15) is 0 Å². The molecule has 3 nitrogen and oxygen atoms in total. The van der Waals surface area contributed by atoms with E-state index in [0.29, 0.717) is 22.9 Å². The van der Waals surface area contributed by atoms with Crippen LogP contribution in [-0.4, -0.2) is 22.9 Å². The summed E-state index contributed by atoms with van der Waals surface area (Å²) in [5.41, 5.74) is 2.63. The Morgan fingerprint density at radius 3 is 2.55 bits per heavy atom. The van der Waals surface area contributed by atoms with Crippen LogP contribution in [0.5, 0.6) is 0 Å². The van der Waals surface area contributed by atoms with E-state index in [1.165, 1.54) is 0 Å². The zero-order chi connectivity index (χ0) is 15.9. The van der Waals surface area contributed by atoms with E-state index < -0.39 is 10.8 Å². The number of carbonyl (C=O) groups is 1. The summed E-state index contributed by atoms with van der Waals surface area (Å²) in [4.78, 5) is 12.1. The van der Waals surface area contributed by atoms with Crippen LogP contribution in [0.2, 0.25) is 5.02 Å². The van der Waals surface area contributed by atoms with Gasteiger partial charge in [-0.3, -0.25) is 9.00 Å². The van der Waals surface area contributed by atoms with Crippen LogP contribution >= 0.6 is 11.6 Å². The normalized spacial score (nSPS) is 11.9. The predicted octanol–water partition coefficient (Wildman–Crippen LogP) is 3.19. The molecule has 1 amide bonds. The van der Waals surface area contributed by atoms with Gasteiger partial charge in [-0.05, 0) is 41.8 Å². The number of amides is 1. The van der Waals surface area contributed by atoms with E-state index in [1.54, 1.807) is 18.4 Å². The summed E-state index contributed by atoms with van der Waals surface area (Å²) in [6.07, 6.45) is 2.40. The molecule has 1 N–H and O–H groups in total. The molecule has 2 aromatic carbocycles. The molecule has 0 spiro atoms. The van der Waals surface area contributed by atoms with Crippen molar-refractivity contribution in [3.63, 3.8) is 0 Å². The molecule has 5 heteroatoms. The molecule has 2 rings (SSSR count). The maximum absolute atomic E-state index is 12.1. The van der Waals surface area contributed by atoms with E-state index in [1.807, 2.05) is 36.4 Å². The summed E-state index contributed by atoms with van der Waals surface area (Å²) in [6.45, 7) is 0.560. The van der Waals surface area contributed by atoms with Crippen molar-refractivity contribution in [2.45, 2.75) is 12.2 Å². The predicted molar refractivity (Wildman–Crippen MR) is 91.7 cm³/mol. The van der Waals surface area contributed by atoms with Gasteiger partial charge in [0.15, 0.2) is 0 Å². The fraction of sp³-hybridized carbons (Fsp3) is 0.235. The van der Waals surface area contributed by atoms with Crippen molar-refractivity contribution in [2.75, 3.05) is 12.8 Å². The maximum Gasteiger partial charge on any atom is 0.251 e. The number of hydrogen-bond acceptors (Lipinski definition) is 2. The lowest BCUT2D eigenvalue weighted by atomic mass is 10.1. The van der Waals surface area contributed by atoms with Crippen LogP contribution in [0.1, 0.15) is 21.5 Å². The SMILES string of the molecule is CS(=O)Cc1cccc(C(=O)NCCc2ccc(Cl)cc2)c1. The fourth-order valence-electron chi connectivity index (χ4n) is 2.11. The summed E-state index contributed by atoms with van der Waals surface area (Å²) >= 11 is 5.84. The monoisotopic (exact) mass is 335 g/mol. The first-order chi connectivity index (χ1) is 10.5. The molecule has 0 aromatic heterocycles. The maximum atomic E-state index is 12.1. The summed E-state index contributed by atoms with van der Waals surface area (Å²) < 4.78 is 11.2. The quantitative estimate of drug-likeness (QED) is 0.881. The molecule has 0 aliphatic heterocycles. The van der Waals surface area contributed by atoms with E-state index in [-0.39, 0.29) is 5.91 Å². The molecular weight excluding hydrogens is 318 g/mol. The molecule has 0 radical (unpaired) electrons. The van der Waals surface area contributed by atoms with Crippen molar-refractivity contribution in [3.8, 4) is 0 Å². The second-order valence-corrected chi connectivity index (χ2v) is 6.92. The van der Waals surface area contributed by atoms with Crippen LogP contribution in [0.25, 0.3) is 0 Å². The van der Waals surface area contributed by atoms with Crippen LogP contribution < -0.4 is 5.32 Å². The second kappa shape index (κ2) is 8.11. The van der Waals surface area contributed by atoms with Gasteiger partial charge in [-0.1, -0.05) is 35.9 Å². The standard InChI is InChI=1S/C17H18ClNO2S/c1-22(21)12-14-3-2-4-15(11-14)17(20)19-10-9-13-5-7-16(18)8-6-13/h2-8,11H,9-10,12H2,1H3,(H,19,20). The van der Waals surface area contributed by atoms with E-state index in [2.05, 4.69) is 5.32 Å². The summed E-state index contributed by atoms with van der Waals surface area (Å²) in [5, 5.41) is 3.60. The number of rotatable bonds is 6. The Balaban J connectivity index is 1.89. The van der Waals surface area contributed by atoms with Crippen molar-refractivity contribution in [1.29, 1.82) is 0 Å². The third-order valence-electron chi connectivity index (χ3n) is 3.17. The Labute approximate surface area is 138 Å². The van der Waals surface area contributed by atoms with E-state index in [4.69, 9.17) is 11.6 Å². The third kappa shape index (κ3) is 5.28. The average molecular weight is 336 g/mol. The highest BCUT2D eigenvalue weighted by Crippen LogP contribution is 2.10. The third-order valence-corrected chi connectivity index (χ3v) is 4.16. The highest BCUT2D eigenvalue weighted by molar-refractivity contribution is 7.83. The Bertz CT molecular complexity index is 671. The summed E-state index contributed by atoms with van der Waals surface area (Å²) in [6, 6.07) is 14.8. The van der Waals surface area contributed by atoms with Gasteiger partial charge in [0.05, 0.1) is 0 Å². The molecule has 1 atom stereocenters. The van der Waals surface area contributed by atoms with Gasteiger partial charge in [0.2, 0.25) is 0 Å². The second-order valence-electron chi connectivity index (χ2n) is 5.05. The van der Waals surface area contributed by atoms with Gasteiger partial charge >= 0.3 is 0 Å². The number of benzene rings is 2. The number of halogens is 1. The topological polar surface area (TPSA) is 46.2 Å². The van der Waals surface area contributed by atoms with Crippen LogP contribution in [0, 0.1) is 0 Å². The first-order valence-electron chi connectivity index (χ1n) is 6.96. The number of carbonyl (C=O) groups excluding carboxylic acids is 1. The molecule has 0 bridgehead atoms. The lowest BCUT2D eigenvalue weighted by Gasteiger charge is -2.07. The first kappa shape index (κ1) is 16.7. The number of hydrogen-bond donors (Lipinski definition) is 1. The Kier molecular flexibility index (Phi) is 6.16. The van der Waals surface area contributed by atoms with Crippen molar-refractivity contribution in [3.05, 3.63) is 70.2 Å². The van der Waals surface area contributed by atoms with Crippen LogP contribution in [-0.2, 0) is 23.0 Å². The lowest BCUT2D eigenvalue weighted by molar-refractivity contribution is 0.0954. The molecule has 2 aromatic rings. The molecule has 0 saturated carbocycles. The molecule has 0 fully saturated rings. The molecule has 116 valence electrons. The average Bonchev–Trinajstić information content (AvgIpc) is 2.49. The first-order valence-corrected chi connectivity index (χ1v) is 9.07. The van der Waals surface area contributed by atoms with Gasteiger partial charge in [0.25, 0.3) is 5.91 Å². The zero-order valence-corrected chi connectivity index (χ0v) is 13.9. The minimum absolute atomic E-state index is 0.113. The molecule has 0 aliphatic carbocycles. The highest BCUT2D eigenvalue weighted by atomic mass is 35.5. The van der Waals surface area contributed by atoms with Crippen LogP contribution in [0.3, 0.4) is 0 Å². The largest absolute Gasteiger partial charge is 0.352 e. The van der Waals surface area contributed by atoms with Crippen molar-refractivity contribution < 1.29 is 9.00 Å². The molecular formula is C17H18ClNO2S. The van der Waals surface area contributed by atoms with Gasteiger partial charge in [-0.15, -0.1) is 0 Å². The molecule has 0 heterocycles. The van der Waals surface area contributed by atoms with Gasteiger partial charge in [0.1, 0.15) is 0 Å². The summed E-state index contributed by atoms with van der Waals surface area (Å²) in [5.74, 6) is 0.351. The molecule has 1 unspecified atom stereocenters. The van der Waals surface area contributed by atoms with E-state index >= 15 is 0 Å². The van der Waals surface area contributed by atoms with Crippen molar-refractivity contribution >= 4 is 28.3 Å². The fourth-order valence-corrected chi connectivity index (χ4v) is 2.89. The highest BCUT2D eigenvalue weighted by Gasteiger charge is 2.06. The van der Waals surface area contributed by atoms with Gasteiger partial charge in [0, 0.05) is 39.9 Å². The van der Waals surface area contributed by atoms with Crippen LogP contribution in [0.15, 0.2) is 48.5 Å². The minimum Gasteiger partial charge on any atom is -0.352 e. The zero-order valence-electron chi connectivity index (χ0n) is 12.3. The molecule has 22 heavy (non-hydrogen) atoms. The van der Waals surface area contributed by atoms with Crippen molar-refractivity contribution in [1.82, 2.24) is 5.32 Å². The van der Waals surface area contributed by atoms with Crippen molar-refractivity contribution in [2.24, 2.45) is 0 Å². The smallest absolute Gasteiger partial charge is 0.251 e. The molecule has 0 aliphatic rings. The van der Waals surface area contributed by atoms with E-state index in [0.717, 1.165) is 17.5 Å². The number of nitrogens with one attached hydrogen (secondary N) is 1. The summed E-state index contributed by atoms with van der Waals surface area (Å²) in [7, 11) is -0.913. The Hall–Kier alpha value is -1.65. The van der Waals surface area contributed by atoms with Gasteiger partial charge in [-0.25, -0.2) is 0 Å². The minimum atomic E-state index is -0.913. The molecule has 0 saturated heterocycles. The Morgan fingerprint density at radius 1 is 1.14 bits per heavy atom. The van der Waals surface area contributed by atoms with Gasteiger partial charge < -0.3 is 5.32 Å². The lowest BCUT2D eigenvalue weighted by Crippen LogP contribution is -2.25.